The molecular formula is C14H28NO2Si. The maximum Gasteiger partial charge on any atom is 0.222 e. The number of nitrogens with zero attached hydrogens (tertiary/aromatic N) is 1. The summed E-state index contributed by atoms with van der Waals surface area (Å²) in [5.41, 5.74) is 0. The molecule has 1 fully saturated rings. The molecule has 18 heavy (non-hydrogen) atoms. The van der Waals surface area contributed by atoms with Gasteiger partial charge in [0.15, 0.2) is 8.32 Å². The maximum absolute atomic E-state index is 11.8. The van der Waals surface area contributed by atoms with E-state index < -0.39 is 8.32 Å². The molecule has 0 aliphatic carbocycles. The standard InChI is InChI=1S/C14H28NO2Si/c1-7-10-15-12(8-9-13(15)16)11-17-18(5,6)14(2,3)4/h7,12H,8-11H2,1-6H3/t12-/m1/s1. The predicted molar refractivity (Wildman–Crippen MR) is 77.9 cm³/mol. The number of carbonyl (C=O) groups is 1. The van der Waals surface area contributed by atoms with Gasteiger partial charge in [0.1, 0.15) is 0 Å². The van der Waals surface area contributed by atoms with Gasteiger partial charge in [0.25, 0.3) is 0 Å². The van der Waals surface area contributed by atoms with Crippen molar-refractivity contribution in [2.45, 2.75) is 64.7 Å². The molecule has 0 saturated carbocycles. The molecule has 0 spiro atoms. The average molecular weight is 270 g/mol. The quantitative estimate of drug-likeness (QED) is 0.718. The summed E-state index contributed by atoms with van der Waals surface area (Å²) in [6, 6.07) is 0.280. The molecule has 0 unspecified atom stereocenters. The largest absolute Gasteiger partial charge is 0.415 e. The minimum atomic E-state index is -1.70. The summed E-state index contributed by atoms with van der Waals surface area (Å²) in [5.74, 6) is 0.275. The lowest BCUT2D eigenvalue weighted by molar-refractivity contribution is -0.129. The molecule has 1 aliphatic heterocycles. The first-order valence-electron chi connectivity index (χ1n) is 6.90. The first kappa shape index (κ1) is 15.7. The maximum atomic E-state index is 11.8. The normalized spacial score (nSPS) is 21.8. The lowest BCUT2D eigenvalue weighted by Crippen LogP contribution is -2.45. The van der Waals surface area contributed by atoms with Gasteiger partial charge in [0, 0.05) is 13.0 Å². The Morgan fingerprint density at radius 1 is 1.44 bits per heavy atom. The summed E-state index contributed by atoms with van der Waals surface area (Å²) < 4.78 is 6.23. The SMILES string of the molecule is C[CH]CN1C(=O)CC[C@@H]1CO[Si](C)(C)C(C)(C)C. The molecule has 4 heteroatoms. The van der Waals surface area contributed by atoms with Crippen LogP contribution in [0.4, 0.5) is 0 Å². The van der Waals surface area contributed by atoms with Crippen molar-refractivity contribution >= 4 is 14.2 Å². The Labute approximate surface area is 113 Å². The van der Waals surface area contributed by atoms with Crippen LogP contribution >= 0.6 is 0 Å². The molecule has 0 aromatic rings. The monoisotopic (exact) mass is 270 g/mol. The van der Waals surface area contributed by atoms with E-state index in [1.54, 1.807) is 0 Å². The van der Waals surface area contributed by atoms with E-state index in [1.807, 2.05) is 18.2 Å². The van der Waals surface area contributed by atoms with E-state index in [-0.39, 0.29) is 17.0 Å². The van der Waals surface area contributed by atoms with Gasteiger partial charge in [-0.15, -0.1) is 0 Å². The van der Waals surface area contributed by atoms with Crippen LogP contribution in [-0.4, -0.2) is 38.3 Å². The van der Waals surface area contributed by atoms with Gasteiger partial charge in [-0.25, -0.2) is 0 Å². The fourth-order valence-corrected chi connectivity index (χ4v) is 2.98. The van der Waals surface area contributed by atoms with Crippen molar-refractivity contribution in [3.05, 3.63) is 6.42 Å². The second-order valence-corrected chi connectivity index (χ2v) is 11.5. The van der Waals surface area contributed by atoms with Crippen LogP contribution in [0, 0.1) is 6.42 Å². The van der Waals surface area contributed by atoms with Crippen molar-refractivity contribution in [2.75, 3.05) is 13.2 Å². The molecule has 1 rings (SSSR count). The molecule has 1 heterocycles. The molecule has 1 radical (unpaired) electrons. The van der Waals surface area contributed by atoms with Crippen molar-refractivity contribution in [1.82, 2.24) is 4.90 Å². The number of likely N-dealkylation sites (tertiary alicyclic amines) is 1. The van der Waals surface area contributed by atoms with E-state index in [4.69, 9.17) is 4.43 Å². The van der Waals surface area contributed by atoms with E-state index in [1.165, 1.54) is 0 Å². The Morgan fingerprint density at radius 3 is 2.56 bits per heavy atom. The smallest absolute Gasteiger partial charge is 0.222 e. The predicted octanol–water partition coefficient (Wildman–Crippen LogP) is 3.22. The minimum absolute atomic E-state index is 0.233. The van der Waals surface area contributed by atoms with Crippen molar-refractivity contribution in [3.8, 4) is 0 Å². The molecule has 105 valence electrons. The van der Waals surface area contributed by atoms with Gasteiger partial charge >= 0.3 is 0 Å². The van der Waals surface area contributed by atoms with Gasteiger partial charge in [-0.2, -0.15) is 0 Å². The Morgan fingerprint density at radius 2 is 2.06 bits per heavy atom. The van der Waals surface area contributed by atoms with Crippen LogP contribution in [0.15, 0.2) is 0 Å². The van der Waals surface area contributed by atoms with Crippen molar-refractivity contribution < 1.29 is 9.22 Å². The summed E-state index contributed by atoms with van der Waals surface area (Å²) in [6.45, 7) is 14.7. The third-order valence-corrected chi connectivity index (χ3v) is 8.78. The van der Waals surface area contributed by atoms with Crippen molar-refractivity contribution in [2.24, 2.45) is 0 Å². The van der Waals surface area contributed by atoms with Crippen LogP contribution in [0.5, 0.6) is 0 Å². The van der Waals surface area contributed by atoms with Crippen LogP contribution in [0.3, 0.4) is 0 Å². The molecular weight excluding hydrogens is 242 g/mol. The van der Waals surface area contributed by atoms with Crippen LogP contribution in [-0.2, 0) is 9.22 Å². The van der Waals surface area contributed by atoms with Gasteiger partial charge < -0.3 is 9.33 Å². The Kier molecular flexibility index (Phi) is 5.01. The van der Waals surface area contributed by atoms with Gasteiger partial charge in [-0.1, -0.05) is 27.7 Å². The van der Waals surface area contributed by atoms with Crippen LogP contribution < -0.4 is 0 Å². The van der Waals surface area contributed by atoms with Crippen molar-refractivity contribution in [3.63, 3.8) is 0 Å². The highest BCUT2D eigenvalue weighted by Gasteiger charge is 2.39. The second kappa shape index (κ2) is 5.74. The lowest BCUT2D eigenvalue weighted by atomic mass is 10.2. The summed E-state index contributed by atoms with van der Waals surface area (Å²) in [6.07, 6.45) is 3.67. The van der Waals surface area contributed by atoms with E-state index in [2.05, 4.69) is 33.9 Å². The summed E-state index contributed by atoms with van der Waals surface area (Å²) >= 11 is 0. The molecule has 0 aromatic heterocycles. The highest BCUT2D eigenvalue weighted by molar-refractivity contribution is 6.74. The van der Waals surface area contributed by atoms with E-state index in [0.29, 0.717) is 13.0 Å². The third kappa shape index (κ3) is 3.57. The van der Waals surface area contributed by atoms with Crippen LogP contribution in [0.25, 0.3) is 0 Å². The molecule has 0 aromatic carbocycles. The zero-order valence-electron chi connectivity index (χ0n) is 12.7. The van der Waals surface area contributed by atoms with Crippen LogP contribution in [0.1, 0.15) is 40.5 Å². The average Bonchev–Trinajstić information content (AvgIpc) is 2.57. The van der Waals surface area contributed by atoms with Gasteiger partial charge in [0.05, 0.1) is 12.6 Å². The van der Waals surface area contributed by atoms with Crippen molar-refractivity contribution in [1.29, 1.82) is 0 Å². The highest BCUT2D eigenvalue weighted by Crippen LogP contribution is 2.37. The number of hydrogen-bond acceptors (Lipinski definition) is 2. The molecule has 3 nitrogen and oxygen atoms in total. The summed E-state index contributed by atoms with van der Waals surface area (Å²) in [4.78, 5) is 13.7. The van der Waals surface area contributed by atoms with E-state index in [9.17, 15) is 4.79 Å². The number of amides is 1. The molecule has 0 bridgehead atoms. The molecule has 1 saturated heterocycles. The molecule has 1 atom stereocenters. The zero-order chi connectivity index (χ0) is 14.0. The number of rotatable bonds is 5. The summed E-state index contributed by atoms with van der Waals surface area (Å²) in [5, 5.41) is 0.233. The van der Waals surface area contributed by atoms with E-state index in [0.717, 1.165) is 13.0 Å². The molecule has 1 amide bonds. The van der Waals surface area contributed by atoms with Gasteiger partial charge in [-0.05, 0) is 31.0 Å². The molecule has 1 aliphatic rings. The topological polar surface area (TPSA) is 29.5 Å². The number of hydrogen-bond donors (Lipinski definition) is 0. The Balaban J connectivity index is 2.55. The third-order valence-electron chi connectivity index (χ3n) is 4.27. The van der Waals surface area contributed by atoms with Gasteiger partial charge in [-0.3, -0.25) is 4.79 Å². The first-order valence-corrected chi connectivity index (χ1v) is 9.81. The Bertz CT molecular complexity index is 297. The zero-order valence-corrected chi connectivity index (χ0v) is 13.7. The van der Waals surface area contributed by atoms with Gasteiger partial charge in [0.2, 0.25) is 5.91 Å². The lowest BCUT2D eigenvalue weighted by Gasteiger charge is -2.38. The van der Waals surface area contributed by atoms with E-state index >= 15 is 0 Å². The summed E-state index contributed by atoms with van der Waals surface area (Å²) in [7, 11) is -1.70. The second-order valence-electron chi connectivity index (χ2n) is 6.72. The van der Waals surface area contributed by atoms with Crippen LogP contribution in [0.2, 0.25) is 18.1 Å². The minimum Gasteiger partial charge on any atom is -0.415 e. The fourth-order valence-electron chi connectivity index (χ4n) is 1.94. The first-order chi connectivity index (χ1) is 8.19. The molecule has 0 N–H and O–H groups in total. The number of carbonyl (C=O) groups excluding carboxylic acids is 1. The Hall–Kier alpha value is -0.353. The highest BCUT2D eigenvalue weighted by atomic mass is 28.4. The fraction of sp³-hybridized carbons (Fsp3) is 0.857.